The van der Waals surface area contributed by atoms with Crippen molar-refractivity contribution in [3.63, 3.8) is 0 Å². The van der Waals surface area contributed by atoms with E-state index in [1.54, 1.807) is 16.1 Å². The summed E-state index contributed by atoms with van der Waals surface area (Å²) in [7, 11) is -3.47. The molecular weight excluding hydrogens is 418 g/mol. The van der Waals surface area contributed by atoms with Gasteiger partial charge in [-0.25, -0.2) is 4.79 Å². The molecule has 0 bridgehead atoms. The molecule has 2 fully saturated rings. The van der Waals surface area contributed by atoms with E-state index in [1.807, 2.05) is 19.1 Å². The van der Waals surface area contributed by atoms with Crippen LogP contribution in [0, 0.1) is 5.92 Å². The smallest absolute Gasteiger partial charge is 0.409 e. The SMILES string of the molecule is CCOC(=O)N1CCN(S(=O)(=O)N2CCC(CCc3ccc(OCC)cc3)CC2)CC1. The van der Waals surface area contributed by atoms with Crippen LogP contribution in [0.5, 0.6) is 5.75 Å². The van der Waals surface area contributed by atoms with E-state index < -0.39 is 10.2 Å². The van der Waals surface area contributed by atoms with Gasteiger partial charge in [0.2, 0.25) is 0 Å². The van der Waals surface area contributed by atoms with Crippen LogP contribution in [0.2, 0.25) is 0 Å². The van der Waals surface area contributed by atoms with Crippen LogP contribution in [0.15, 0.2) is 24.3 Å². The van der Waals surface area contributed by atoms with Gasteiger partial charge in [-0.2, -0.15) is 17.0 Å². The molecule has 1 amide bonds. The number of piperazine rings is 1. The largest absolute Gasteiger partial charge is 0.494 e. The first-order valence-electron chi connectivity index (χ1n) is 11.3. The highest BCUT2D eigenvalue weighted by molar-refractivity contribution is 7.86. The Bertz CT molecular complexity index is 799. The first-order chi connectivity index (χ1) is 14.9. The highest BCUT2D eigenvalue weighted by Gasteiger charge is 2.35. The van der Waals surface area contributed by atoms with E-state index in [9.17, 15) is 13.2 Å². The van der Waals surface area contributed by atoms with E-state index in [0.717, 1.165) is 31.4 Å². The molecule has 0 aromatic heterocycles. The highest BCUT2D eigenvalue weighted by Crippen LogP contribution is 2.26. The third kappa shape index (κ3) is 6.33. The summed E-state index contributed by atoms with van der Waals surface area (Å²) in [5.74, 6) is 1.44. The number of piperidine rings is 1. The second-order valence-corrected chi connectivity index (χ2v) is 9.98. The lowest BCUT2D eigenvalue weighted by atomic mass is 9.91. The van der Waals surface area contributed by atoms with E-state index >= 15 is 0 Å². The normalized spacial score (nSPS) is 19.4. The van der Waals surface area contributed by atoms with E-state index in [-0.39, 0.29) is 6.09 Å². The molecule has 3 rings (SSSR count). The zero-order valence-electron chi connectivity index (χ0n) is 18.7. The molecule has 0 atom stereocenters. The quantitative estimate of drug-likeness (QED) is 0.605. The second kappa shape index (κ2) is 11.2. The maximum atomic E-state index is 13.0. The monoisotopic (exact) mass is 453 g/mol. The van der Waals surface area contributed by atoms with Crippen LogP contribution < -0.4 is 4.74 Å². The molecule has 2 heterocycles. The Balaban J connectivity index is 1.43. The molecule has 2 saturated heterocycles. The lowest BCUT2D eigenvalue weighted by molar-refractivity contribution is 0.0920. The van der Waals surface area contributed by atoms with Gasteiger partial charge in [-0.05, 0) is 63.1 Å². The first kappa shape index (κ1) is 23.8. The van der Waals surface area contributed by atoms with Gasteiger partial charge >= 0.3 is 6.09 Å². The van der Waals surface area contributed by atoms with E-state index in [2.05, 4.69) is 12.1 Å². The van der Waals surface area contributed by atoms with Crippen molar-refractivity contribution in [3.8, 4) is 5.75 Å². The summed E-state index contributed by atoms with van der Waals surface area (Å²) >= 11 is 0. The lowest BCUT2D eigenvalue weighted by Crippen LogP contribution is -2.55. The fraction of sp³-hybridized carbons (Fsp3) is 0.682. The van der Waals surface area contributed by atoms with Crippen molar-refractivity contribution >= 4 is 16.3 Å². The molecule has 2 aliphatic heterocycles. The molecule has 0 N–H and O–H groups in total. The summed E-state index contributed by atoms with van der Waals surface area (Å²) in [6, 6.07) is 8.24. The van der Waals surface area contributed by atoms with Crippen molar-refractivity contribution in [2.24, 2.45) is 5.92 Å². The Hall–Kier alpha value is -1.84. The molecule has 174 valence electrons. The summed E-state index contributed by atoms with van der Waals surface area (Å²) in [6.07, 6.45) is 3.48. The third-order valence-corrected chi connectivity index (χ3v) is 8.10. The average Bonchev–Trinajstić information content (AvgIpc) is 2.79. The molecule has 1 aromatic rings. The van der Waals surface area contributed by atoms with Crippen molar-refractivity contribution < 1.29 is 22.7 Å². The number of carbonyl (C=O) groups is 1. The Morgan fingerprint density at radius 1 is 0.935 bits per heavy atom. The van der Waals surface area contributed by atoms with Gasteiger partial charge in [-0.3, -0.25) is 0 Å². The van der Waals surface area contributed by atoms with E-state index in [4.69, 9.17) is 9.47 Å². The summed E-state index contributed by atoms with van der Waals surface area (Å²) in [4.78, 5) is 13.4. The molecule has 0 spiro atoms. The zero-order valence-corrected chi connectivity index (χ0v) is 19.5. The van der Waals surface area contributed by atoms with Gasteiger partial charge in [0.25, 0.3) is 10.2 Å². The zero-order chi connectivity index (χ0) is 22.3. The first-order valence-corrected chi connectivity index (χ1v) is 12.7. The van der Waals surface area contributed by atoms with E-state index in [0.29, 0.717) is 58.4 Å². The molecule has 0 radical (unpaired) electrons. The minimum absolute atomic E-state index is 0.318. The molecule has 0 aliphatic carbocycles. The van der Waals surface area contributed by atoms with Crippen molar-refractivity contribution in [2.45, 2.75) is 39.5 Å². The third-order valence-electron chi connectivity index (χ3n) is 6.07. The number of amides is 1. The Morgan fingerprint density at radius 3 is 2.13 bits per heavy atom. The van der Waals surface area contributed by atoms with Gasteiger partial charge in [-0.1, -0.05) is 12.1 Å². The van der Waals surface area contributed by atoms with Crippen molar-refractivity contribution in [2.75, 3.05) is 52.5 Å². The van der Waals surface area contributed by atoms with E-state index in [1.165, 1.54) is 9.87 Å². The van der Waals surface area contributed by atoms with Gasteiger partial charge in [0.05, 0.1) is 13.2 Å². The van der Waals surface area contributed by atoms with Crippen LogP contribution in [-0.4, -0.2) is 80.5 Å². The lowest BCUT2D eigenvalue weighted by Gasteiger charge is -2.38. The number of hydrogen-bond acceptors (Lipinski definition) is 5. The van der Waals surface area contributed by atoms with Gasteiger partial charge in [0.15, 0.2) is 0 Å². The molecule has 0 saturated carbocycles. The molecule has 9 heteroatoms. The van der Waals surface area contributed by atoms with Gasteiger partial charge in [-0.15, -0.1) is 0 Å². The predicted molar refractivity (Wildman–Crippen MR) is 119 cm³/mol. The van der Waals surface area contributed by atoms with Crippen LogP contribution in [0.3, 0.4) is 0 Å². The Morgan fingerprint density at radius 2 is 1.55 bits per heavy atom. The molecule has 8 nitrogen and oxygen atoms in total. The Labute approximate surface area is 186 Å². The number of benzene rings is 1. The molecule has 2 aliphatic rings. The Kier molecular flexibility index (Phi) is 8.57. The fourth-order valence-corrected chi connectivity index (χ4v) is 5.82. The number of aryl methyl sites for hydroxylation is 1. The van der Waals surface area contributed by atoms with Crippen LogP contribution in [0.25, 0.3) is 0 Å². The molecular formula is C22H35N3O5S. The summed E-state index contributed by atoms with van der Waals surface area (Å²) in [6.45, 7) is 7.24. The predicted octanol–water partition coefficient (Wildman–Crippen LogP) is 2.75. The number of rotatable bonds is 8. The van der Waals surface area contributed by atoms with Crippen molar-refractivity contribution in [3.05, 3.63) is 29.8 Å². The number of hydrogen-bond donors (Lipinski definition) is 0. The van der Waals surface area contributed by atoms with Gasteiger partial charge in [0.1, 0.15) is 5.75 Å². The fourth-order valence-electron chi connectivity index (χ4n) is 4.20. The van der Waals surface area contributed by atoms with Gasteiger partial charge in [0, 0.05) is 39.3 Å². The van der Waals surface area contributed by atoms with Crippen molar-refractivity contribution in [1.82, 2.24) is 13.5 Å². The topological polar surface area (TPSA) is 79.4 Å². The minimum Gasteiger partial charge on any atom is -0.494 e. The summed E-state index contributed by atoms with van der Waals surface area (Å²) in [5.41, 5.74) is 1.29. The van der Waals surface area contributed by atoms with Crippen LogP contribution in [0.1, 0.15) is 38.7 Å². The molecule has 1 aromatic carbocycles. The molecule has 0 unspecified atom stereocenters. The standard InChI is InChI=1S/C22H35N3O5S/c1-3-29-21-9-7-19(8-10-21)5-6-20-11-13-24(14-12-20)31(27,28)25-17-15-23(16-18-25)22(26)30-4-2/h7-10,20H,3-6,11-18H2,1-2H3. The van der Waals surface area contributed by atoms with Gasteiger partial charge < -0.3 is 14.4 Å². The van der Waals surface area contributed by atoms with Crippen molar-refractivity contribution in [1.29, 1.82) is 0 Å². The average molecular weight is 454 g/mol. The second-order valence-electron chi connectivity index (χ2n) is 8.05. The molecule has 31 heavy (non-hydrogen) atoms. The maximum absolute atomic E-state index is 13.0. The number of carbonyl (C=O) groups excluding carboxylic acids is 1. The summed E-state index contributed by atoms with van der Waals surface area (Å²) < 4.78 is 39.6. The van der Waals surface area contributed by atoms with Crippen LogP contribution in [-0.2, 0) is 21.4 Å². The van der Waals surface area contributed by atoms with Crippen LogP contribution >= 0.6 is 0 Å². The number of nitrogens with zero attached hydrogens (tertiary/aromatic N) is 3. The van der Waals surface area contributed by atoms with Crippen LogP contribution in [0.4, 0.5) is 4.79 Å². The summed E-state index contributed by atoms with van der Waals surface area (Å²) in [5, 5.41) is 0. The maximum Gasteiger partial charge on any atom is 0.409 e. The number of ether oxygens (including phenoxy) is 2. The highest BCUT2D eigenvalue weighted by atomic mass is 32.2. The minimum atomic E-state index is -3.47.